The Morgan fingerprint density at radius 2 is 1.93 bits per heavy atom. The zero-order chi connectivity index (χ0) is 28.3. The first-order valence-electron chi connectivity index (χ1n) is 12.8. The van der Waals surface area contributed by atoms with Crippen LogP contribution in [0.2, 0.25) is 10.2 Å². The van der Waals surface area contributed by atoms with Crippen LogP contribution in [-0.2, 0) is 17.6 Å². The first-order valence-corrected chi connectivity index (χ1v) is 13.5. The van der Waals surface area contributed by atoms with Crippen LogP contribution >= 0.6 is 23.2 Å². The molecule has 0 bridgehead atoms. The van der Waals surface area contributed by atoms with E-state index >= 15 is 0 Å². The molecule has 3 aromatic carbocycles. The lowest BCUT2D eigenvalue weighted by Gasteiger charge is -2.17. The second-order valence-corrected chi connectivity index (χ2v) is 10.3. The first-order chi connectivity index (χ1) is 19.9. The van der Waals surface area contributed by atoms with Gasteiger partial charge in [-0.15, -0.1) is 5.10 Å². The van der Waals surface area contributed by atoms with Gasteiger partial charge in [0.1, 0.15) is 23.0 Å². The fourth-order valence-electron chi connectivity index (χ4n) is 4.74. The van der Waals surface area contributed by atoms with Crippen molar-refractivity contribution < 1.29 is 4.79 Å². The average Bonchev–Trinajstić information content (AvgIpc) is 3.73. The fourth-order valence-corrected chi connectivity index (χ4v) is 5.19. The molecule has 1 amide bonds. The maximum Gasteiger partial charge on any atom is 0.220 e. The molecule has 6 aromatic rings. The standard InChI is InChI=1S/C28H24Cl2N10O/c29-19-8-10-23(40-15-32-38-39-40)17(13-19)7-11-24(41)33-22(12-16-4-2-1-3-5-16)28-34-25(26(30)35-28)18-6-9-20-21(14-18)36-37-27(20)31/h1-6,8-10,13-15,22H,7,11-12H2,(H,33,41)(H,34,35)(H3,31,36,37)/t22-/m0/s1. The Hall–Kier alpha value is -4.74. The number of rotatable bonds is 9. The molecule has 1 atom stereocenters. The third kappa shape index (κ3) is 5.76. The minimum Gasteiger partial charge on any atom is -0.382 e. The molecule has 0 radical (unpaired) electrons. The number of aryl methyl sites for hydroxylation is 1. The predicted molar refractivity (Wildman–Crippen MR) is 157 cm³/mol. The number of tetrazole rings is 1. The predicted octanol–water partition coefficient (Wildman–Crippen LogP) is 4.85. The minimum absolute atomic E-state index is 0.156. The number of hydrogen-bond acceptors (Lipinski definition) is 7. The van der Waals surface area contributed by atoms with Gasteiger partial charge in [0.2, 0.25) is 5.91 Å². The highest BCUT2D eigenvalue weighted by molar-refractivity contribution is 6.32. The van der Waals surface area contributed by atoms with Gasteiger partial charge in [-0.3, -0.25) is 9.89 Å². The van der Waals surface area contributed by atoms with Crippen LogP contribution in [-0.4, -0.2) is 46.3 Å². The number of imidazole rings is 1. The van der Waals surface area contributed by atoms with Crippen LogP contribution in [0.3, 0.4) is 0 Å². The lowest BCUT2D eigenvalue weighted by atomic mass is 10.0. The van der Waals surface area contributed by atoms with E-state index in [0.29, 0.717) is 40.4 Å². The van der Waals surface area contributed by atoms with Crippen LogP contribution in [0.25, 0.3) is 27.8 Å². The van der Waals surface area contributed by atoms with E-state index in [2.05, 4.69) is 36.0 Å². The van der Waals surface area contributed by atoms with E-state index in [4.69, 9.17) is 33.9 Å². The van der Waals surface area contributed by atoms with Crippen molar-refractivity contribution in [2.24, 2.45) is 0 Å². The van der Waals surface area contributed by atoms with Gasteiger partial charge in [-0.25, -0.2) is 9.67 Å². The van der Waals surface area contributed by atoms with Crippen LogP contribution < -0.4 is 11.1 Å². The molecule has 3 aromatic heterocycles. The molecule has 0 unspecified atom stereocenters. The SMILES string of the molecule is Nc1n[nH]c2cc(-c3nc([C@H](Cc4ccccc4)NC(=O)CCc4cc(Cl)ccc4-n4cnnn4)[nH]c3Cl)ccc12. The van der Waals surface area contributed by atoms with Gasteiger partial charge in [0.05, 0.1) is 17.2 Å². The Morgan fingerprint density at radius 1 is 1.07 bits per heavy atom. The third-order valence-corrected chi connectivity index (χ3v) is 7.26. The van der Waals surface area contributed by atoms with Gasteiger partial charge in [0, 0.05) is 22.4 Å². The van der Waals surface area contributed by atoms with E-state index in [9.17, 15) is 4.79 Å². The molecule has 5 N–H and O–H groups in total. The number of hydrogen-bond donors (Lipinski definition) is 4. The van der Waals surface area contributed by atoms with Crippen molar-refractivity contribution >= 4 is 45.8 Å². The van der Waals surface area contributed by atoms with Gasteiger partial charge >= 0.3 is 0 Å². The van der Waals surface area contributed by atoms with Crippen LogP contribution in [0.15, 0.2) is 73.1 Å². The molecule has 0 aliphatic rings. The maximum atomic E-state index is 13.3. The summed E-state index contributed by atoms with van der Waals surface area (Å²) in [6.45, 7) is 0. The number of H-pyrrole nitrogens is 2. The highest BCUT2D eigenvalue weighted by Gasteiger charge is 2.22. The fraction of sp³-hybridized carbons (Fsp3) is 0.143. The highest BCUT2D eigenvalue weighted by atomic mass is 35.5. The van der Waals surface area contributed by atoms with E-state index < -0.39 is 6.04 Å². The smallest absolute Gasteiger partial charge is 0.220 e. The summed E-state index contributed by atoms with van der Waals surface area (Å²) in [4.78, 5) is 21.3. The van der Waals surface area contributed by atoms with Crippen LogP contribution in [0.1, 0.15) is 29.4 Å². The topological polar surface area (TPSA) is 156 Å². The monoisotopic (exact) mass is 586 g/mol. The zero-order valence-corrected chi connectivity index (χ0v) is 23.1. The van der Waals surface area contributed by atoms with Gasteiger partial charge in [-0.1, -0.05) is 59.6 Å². The molecule has 41 heavy (non-hydrogen) atoms. The first kappa shape index (κ1) is 26.5. The number of anilines is 1. The minimum atomic E-state index is -0.457. The van der Waals surface area contributed by atoms with Gasteiger partial charge in [-0.05, 0) is 64.7 Å². The van der Waals surface area contributed by atoms with Crippen LogP contribution in [0.5, 0.6) is 0 Å². The molecular formula is C28H24Cl2N10O. The largest absolute Gasteiger partial charge is 0.382 e. The van der Waals surface area contributed by atoms with Gasteiger partial charge < -0.3 is 16.0 Å². The van der Waals surface area contributed by atoms with Gasteiger partial charge in [-0.2, -0.15) is 5.10 Å². The Kier molecular flexibility index (Phi) is 7.36. The van der Waals surface area contributed by atoms with E-state index in [1.54, 1.807) is 10.7 Å². The van der Waals surface area contributed by atoms with E-state index in [-0.39, 0.29) is 12.3 Å². The van der Waals surface area contributed by atoms with E-state index in [1.165, 1.54) is 6.33 Å². The molecular weight excluding hydrogens is 563 g/mol. The molecule has 11 nitrogen and oxygen atoms in total. The third-order valence-electron chi connectivity index (χ3n) is 6.75. The van der Waals surface area contributed by atoms with Crippen molar-refractivity contribution in [2.75, 3.05) is 5.73 Å². The van der Waals surface area contributed by atoms with Crippen molar-refractivity contribution in [1.29, 1.82) is 0 Å². The molecule has 3 heterocycles. The molecule has 0 aliphatic heterocycles. The number of fused-ring (bicyclic) bond motifs is 1. The summed E-state index contributed by atoms with van der Waals surface area (Å²) in [5.41, 5.74) is 10.7. The number of aromatic amines is 2. The van der Waals surface area contributed by atoms with Gasteiger partial charge in [0.15, 0.2) is 5.82 Å². The van der Waals surface area contributed by atoms with Gasteiger partial charge in [0.25, 0.3) is 0 Å². The number of benzene rings is 3. The molecule has 0 saturated carbocycles. The Balaban J connectivity index is 1.24. The summed E-state index contributed by atoms with van der Waals surface area (Å²) < 4.78 is 1.54. The summed E-state index contributed by atoms with van der Waals surface area (Å²) in [5.74, 6) is 0.814. The highest BCUT2D eigenvalue weighted by Crippen LogP contribution is 2.31. The number of amides is 1. The van der Waals surface area contributed by atoms with E-state index in [1.807, 2.05) is 60.7 Å². The Labute approximate surface area is 244 Å². The molecule has 206 valence electrons. The van der Waals surface area contributed by atoms with E-state index in [0.717, 1.165) is 33.3 Å². The second-order valence-electron chi connectivity index (χ2n) is 9.49. The van der Waals surface area contributed by atoms with Crippen molar-refractivity contribution in [2.45, 2.75) is 25.3 Å². The van der Waals surface area contributed by atoms with Crippen molar-refractivity contribution in [3.05, 3.63) is 100 Å². The number of carbonyl (C=O) groups is 1. The average molecular weight is 587 g/mol. The number of halogens is 2. The summed E-state index contributed by atoms with van der Waals surface area (Å²) in [7, 11) is 0. The molecule has 0 fully saturated rings. The van der Waals surface area contributed by atoms with Crippen LogP contribution in [0, 0.1) is 0 Å². The summed E-state index contributed by atoms with van der Waals surface area (Å²) in [6, 6.07) is 20.5. The second kappa shape index (κ2) is 11.4. The maximum absolute atomic E-state index is 13.3. The van der Waals surface area contributed by atoms with Crippen LogP contribution in [0.4, 0.5) is 5.82 Å². The number of aromatic nitrogens is 8. The molecule has 0 aliphatic carbocycles. The molecule has 0 spiro atoms. The lowest BCUT2D eigenvalue weighted by molar-refractivity contribution is -0.121. The summed E-state index contributed by atoms with van der Waals surface area (Å²) in [5, 5.41) is 23.2. The summed E-state index contributed by atoms with van der Waals surface area (Å²) in [6.07, 6.45) is 2.65. The Morgan fingerprint density at radius 3 is 2.73 bits per heavy atom. The number of nitrogens with two attached hydrogens (primary N) is 1. The molecule has 0 saturated heterocycles. The lowest BCUT2D eigenvalue weighted by Crippen LogP contribution is -2.31. The quantitative estimate of drug-likeness (QED) is 0.188. The number of nitrogen functional groups attached to an aromatic ring is 1. The number of nitrogens with one attached hydrogen (secondary N) is 3. The number of carbonyl (C=O) groups excluding carboxylic acids is 1. The molecule has 6 rings (SSSR count). The summed E-state index contributed by atoms with van der Waals surface area (Å²) >= 11 is 12.9. The van der Waals surface area contributed by atoms with Crippen molar-refractivity contribution in [3.63, 3.8) is 0 Å². The van der Waals surface area contributed by atoms with Crippen molar-refractivity contribution in [3.8, 4) is 16.9 Å². The molecule has 13 heteroatoms. The number of nitrogens with zero attached hydrogens (tertiary/aromatic N) is 6. The Bertz CT molecular complexity index is 1810. The van der Waals surface area contributed by atoms with Crippen molar-refractivity contribution in [1.82, 2.24) is 45.7 Å². The normalized spacial score (nSPS) is 12.0. The zero-order valence-electron chi connectivity index (χ0n) is 21.6.